The molecule has 7 heteroatoms. The molecule has 1 fully saturated rings. The fourth-order valence-electron chi connectivity index (χ4n) is 3.57. The van der Waals surface area contributed by atoms with Gasteiger partial charge in [0.25, 0.3) is 0 Å². The van der Waals surface area contributed by atoms with Gasteiger partial charge in [-0.2, -0.15) is 5.10 Å². The van der Waals surface area contributed by atoms with Crippen LogP contribution in [0, 0.1) is 0 Å². The Labute approximate surface area is 170 Å². The number of para-hydroxylation sites is 1. The zero-order valence-electron chi connectivity index (χ0n) is 16.6. The molecule has 29 heavy (non-hydrogen) atoms. The number of urea groups is 1. The monoisotopic (exact) mass is 390 g/mol. The van der Waals surface area contributed by atoms with Gasteiger partial charge in [-0.25, -0.2) is 9.69 Å². The number of carbonyl (C=O) groups excluding carboxylic acids is 1. The molecule has 2 aromatic carbocycles. The fourth-order valence-corrected chi connectivity index (χ4v) is 3.57. The Bertz CT molecular complexity index is 902. The van der Waals surface area contributed by atoms with Gasteiger partial charge in [0.15, 0.2) is 0 Å². The third kappa shape index (κ3) is 4.41. The molecule has 4 rings (SSSR count). The highest BCUT2D eigenvalue weighted by Gasteiger charge is 2.20. The van der Waals surface area contributed by atoms with Crippen molar-refractivity contribution in [1.29, 1.82) is 0 Å². The summed E-state index contributed by atoms with van der Waals surface area (Å²) in [5, 5.41) is 9.83. The zero-order chi connectivity index (χ0) is 20.1. The van der Waals surface area contributed by atoms with Crippen LogP contribution in [0.15, 0.2) is 66.9 Å². The number of hydrogen-bond donors (Lipinski definition) is 2. The summed E-state index contributed by atoms with van der Waals surface area (Å²) in [6.07, 6.45) is 1.63. The minimum absolute atomic E-state index is 0.246. The first-order valence-electron chi connectivity index (χ1n) is 9.97. The Hall–Kier alpha value is -3.32. The number of nitrogens with zero attached hydrogens (tertiary/aromatic N) is 4. The van der Waals surface area contributed by atoms with Crippen LogP contribution in [-0.2, 0) is 0 Å². The Morgan fingerprint density at radius 1 is 1.03 bits per heavy atom. The maximum Gasteiger partial charge on any atom is 0.332 e. The van der Waals surface area contributed by atoms with Gasteiger partial charge in [0.1, 0.15) is 5.82 Å². The Balaban J connectivity index is 1.46. The lowest BCUT2D eigenvalue weighted by Gasteiger charge is -2.35. The maximum absolute atomic E-state index is 13.0. The highest BCUT2D eigenvalue weighted by molar-refractivity contribution is 6.06. The summed E-state index contributed by atoms with van der Waals surface area (Å²) in [6, 6.07) is 19.1. The van der Waals surface area contributed by atoms with Crippen molar-refractivity contribution >= 4 is 28.9 Å². The van der Waals surface area contributed by atoms with Crippen LogP contribution in [0.4, 0.5) is 27.7 Å². The molecule has 1 aliphatic rings. The van der Waals surface area contributed by atoms with Gasteiger partial charge < -0.3 is 15.1 Å². The molecule has 2 heterocycles. The van der Waals surface area contributed by atoms with Crippen molar-refractivity contribution < 1.29 is 4.79 Å². The number of amides is 2. The van der Waals surface area contributed by atoms with Crippen LogP contribution in [-0.4, -0.2) is 53.9 Å². The van der Waals surface area contributed by atoms with E-state index in [1.54, 1.807) is 17.2 Å². The second kappa shape index (κ2) is 8.79. The second-order valence-corrected chi connectivity index (χ2v) is 7.01. The van der Waals surface area contributed by atoms with E-state index in [1.165, 1.54) is 5.69 Å². The van der Waals surface area contributed by atoms with Crippen LogP contribution in [0.3, 0.4) is 0 Å². The highest BCUT2D eigenvalue weighted by atomic mass is 16.2. The molecule has 1 aliphatic heterocycles. The molecule has 2 amide bonds. The average molecular weight is 390 g/mol. The molecule has 0 unspecified atom stereocenters. The lowest BCUT2D eigenvalue weighted by Crippen LogP contribution is -2.46. The third-order valence-corrected chi connectivity index (χ3v) is 5.25. The molecule has 1 saturated heterocycles. The van der Waals surface area contributed by atoms with Gasteiger partial charge in [-0.1, -0.05) is 25.1 Å². The number of H-pyrrole nitrogens is 1. The highest BCUT2D eigenvalue weighted by Crippen LogP contribution is 2.25. The number of rotatable bonds is 5. The van der Waals surface area contributed by atoms with Crippen molar-refractivity contribution in [3.8, 4) is 0 Å². The molecule has 2 N–H and O–H groups in total. The summed E-state index contributed by atoms with van der Waals surface area (Å²) in [4.78, 5) is 19.4. The standard InChI is InChI=1S/C22H26N6O/c1-2-26-14-16-27(17-15-26)19-10-8-18(9-11-19)24-22(29)28(21-12-13-23-25-21)20-6-4-3-5-7-20/h3-13H,2,14-17H2,1H3,(H,23,25)(H,24,29). The van der Waals surface area contributed by atoms with Gasteiger partial charge in [-0.15, -0.1) is 0 Å². The molecule has 0 bridgehead atoms. The number of likely N-dealkylation sites (N-methyl/N-ethyl adjacent to an activating group) is 1. The van der Waals surface area contributed by atoms with E-state index in [0.29, 0.717) is 5.82 Å². The van der Waals surface area contributed by atoms with Crippen LogP contribution < -0.4 is 15.1 Å². The second-order valence-electron chi connectivity index (χ2n) is 7.01. The fraction of sp³-hybridized carbons (Fsp3) is 0.273. The van der Waals surface area contributed by atoms with E-state index in [2.05, 4.69) is 44.4 Å². The number of piperazine rings is 1. The van der Waals surface area contributed by atoms with E-state index in [0.717, 1.165) is 44.1 Å². The lowest BCUT2D eigenvalue weighted by atomic mass is 10.2. The quantitative estimate of drug-likeness (QED) is 0.693. The van der Waals surface area contributed by atoms with E-state index in [4.69, 9.17) is 0 Å². The molecule has 150 valence electrons. The van der Waals surface area contributed by atoms with E-state index < -0.39 is 0 Å². The molecule has 1 aromatic heterocycles. The molecular formula is C22H26N6O. The van der Waals surface area contributed by atoms with E-state index in [9.17, 15) is 4.79 Å². The van der Waals surface area contributed by atoms with Gasteiger partial charge in [-0.3, -0.25) is 5.10 Å². The maximum atomic E-state index is 13.0. The molecule has 0 atom stereocenters. The molecule has 0 saturated carbocycles. The number of aromatic nitrogens is 2. The van der Waals surface area contributed by atoms with Crippen molar-refractivity contribution in [1.82, 2.24) is 15.1 Å². The van der Waals surface area contributed by atoms with Gasteiger partial charge >= 0.3 is 6.03 Å². The van der Waals surface area contributed by atoms with Crippen molar-refractivity contribution in [2.24, 2.45) is 0 Å². The van der Waals surface area contributed by atoms with Crippen LogP contribution in [0.1, 0.15) is 6.92 Å². The molecule has 0 spiro atoms. The lowest BCUT2D eigenvalue weighted by molar-refractivity contribution is 0.259. The first kappa shape index (κ1) is 19.0. The predicted octanol–water partition coefficient (Wildman–Crippen LogP) is 3.92. The summed E-state index contributed by atoms with van der Waals surface area (Å²) in [7, 11) is 0. The molecule has 0 aliphatic carbocycles. The third-order valence-electron chi connectivity index (χ3n) is 5.25. The SMILES string of the molecule is CCN1CCN(c2ccc(NC(=O)N(c3ccccc3)c3ccn[nH]3)cc2)CC1. The number of nitrogens with one attached hydrogen (secondary N) is 2. The van der Waals surface area contributed by atoms with Crippen molar-refractivity contribution in [3.05, 3.63) is 66.9 Å². The van der Waals surface area contributed by atoms with Gasteiger partial charge in [0, 0.05) is 43.6 Å². The van der Waals surface area contributed by atoms with Crippen LogP contribution in [0.2, 0.25) is 0 Å². The predicted molar refractivity (Wildman–Crippen MR) is 117 cm³/mol. The zero-order valence-corrected chi connectivity index (χ0v) is 16.6. The summed E-state index contributed by atoms with van der Waals surface area (Å²) in [5.74, 6) is 0.610. The average Bonchev–Trinajstić information content (AvgIpc) is 3.29. The van der Waals surface area contributed by atoms with Gasteiger partial charge in [0.2, 0.25) is 0 Å². The number of aromatic amines is 1. The summed E-state index contributed by atoms with van der Waals surface area (Å²) >= 11 is 0. The Morgan fingerprint density at radius 3 is 2.38 bits per heavy atom. The Kier molecular flexibility index (Phi) is 5.76. The summed E-state index contributed by atoms with van der Waals surface area (Å²) < 4.78 is 0. The van der Waals surface area contributed by atoms with Crippen molar-refractivity contribution in [2.45, 2.75) is 6.92 Å². The minimum atomic E-state index is -0.246. The molecular weight excluding hydrogens is 364 g/mol. The van der Waals surface area contributed by atoms with Gasteiger partial charge in [0.05, 0.1) is 11.9 Å². The van der Waals surface area contributed by atoms with Crippen LogP contribution in [0.25, 0.3) is 0 Å². The first-order chi connectivity index (χ1) is 14.2. The van der Waals surface area contributed by atoms with E-state index >= 15 is 0 Å². The molecule has 0 radical (unpaired) electrons. The smallest absolute Gasteiger partial charge is 0.332 e. The number of carbonyl (C=O) groups is 1. The minimum Gasteiger partial charge on any atom is -0.369 e. The summed E-state index contributed by atoms with van der Waals surface area (Å²) in [5.41, 5.74) is 2.71. The Morgan fingerprint density at radius 2 is 1.76 bits per heavy atom. The molecule has 7 nitrogen and oxygen atoms in total. The number of anilines is 4. The van der Waals surface area contributed by atoms with E-state index in [-0.39, 0.29) is 6.03 Å². The topological polar surface area (TPSA) is 67.5 Å². The first-order valence-corrected chi connectivity index (χ1v) is 9.97. The van der Waals surface area contributed by atoms with Crippen molar-refractivity contribution in [3.63, 3.8) is 0 Å². The van der Waals surface area contributed by atoms with Crippen molar-refractivity contribution in [2.75, 3.05) is 47.8 Å². The van der Waals surface area contributed by atoms with Crippen LogP contribution in [0.5, 0.6) is 0 Å². The van der Waals surface area contributed by atoms with Gasteiger partial charge in [-0.05, 0) is 42.9 Å². The largest absolute Gasteiger partial charge is 0.369 e. The molecule has 3 aromatic rings. The summed E-state index contributed by atoms with van der Waals surface area (Å²) in [6.45, 7) is 7.54. The number of hydrogen-bond acceptors (Lipinski definition) is 4. The van der Waals surface area contributed by atoms with E-state index in [1.807, 2.05) is 42.5 Å². The van der Waals surface area contributed by atoms with Crippen LogP contribution >= 0.6 is 0 Å². The number of benzene rings is 2. The normalized spacial score (nSPS) is 14.6.